The predicted octanol–water partition coefficient (Wildman–Crippen LogP) is 5.29. The van der Waals surface area contributed by atoms with Crippen LogP contribution in [0.4, 0.5) is 5.69 Å². The summed E-state index contributed by atoms with van der Waals surface area (Å²) in [7, 11) is 1.64. The van der Waals surface area contributed by atoms with Crippen molar-refractivity contribution in [1.29, 1.82) is 0 Å². The first kappa shape index (κ1) is 19.3. The summed E-state index contributed by atoms with van der Waals surface area (Å²) in [4.78, 5) is 13.3. The van der Waals surface area contributed by atoms with Crippen molar-refractivity contribution in [2.75, 3.05) is 12.4 Å². The van der Waals surface area contributed by atoms with Gasteiger partial charge in [0.25, 0.3) is 5.91 Å². The van der Waals surface area contributed by atoms with Crippen molar-refractivity contribution >= 4 is 11.6 Å². The quantitative estimate of drug-likeness (QED) is 0.645. The predicted molar refractivity (Wildman–Crippen MR) is 117 cm³/mol. The molecule has 0 saturated heterocycles. The van der Waals surface area contributed by atoms with Crippen molar-refractivity contribution in [3.05, 3.63) is 82.2 Å². The van der Waals surface area contributed by atoms with Crippen LogP contribution in [0.5, 0.6) is 5.75 Å². The molecule has 1 N–H and O–H groups in total. The number of aryl methyl sites for hydroxylation is 1. The molecular formula is C25H28N2O2. The van der Waals surface area contributed by atoms with Gasteiger partial charge in [-0.1, -0.05) is 29.8 Å². The second-order valence-corrected chi connectivity index (χ2v) is 7.86. The number of anilines is 1. The van der Waals surface area contributed by atoms with Gasteiger partial charge in [-0.2, -0.15) is 0 Å². The van der Waals surface area contributed by atoms with Gasteiger partial charge in [0.15, 0.2) is 0 Å². The largest absolute Gasteiger partial charge is 0.497 e. The number of hydrogen-bond donors (Lipinski definition) is 1. The molecule has 4 rings (SSSR count). The molecule has 0 aliphatic heterocycles. The molecule has 1 amide bonds. The highest BCUT2D eigenvalue weighted by Crippen LogP contribution is 2.31. The second kappa shape index (κ2) is 8.16. The van der Waals surface area contributed by atoms with Crippen LogP contribution in [0.15, 0.2) is 48.5 Å². The Morgan fingerprint density at radius 2 is 1.69 bits per heavy atom. The molecule has 1 aliphatic rings. The molecule has 1 heterocycles. The highest BCUT2D eigenvalue weighted by Gasteiger charge is 2.26. The topological polar surface area (TPSA) is 43.3 Å². The maximum Gasteiger partial charge on any atom is 0.272 e. The fraction of sp³-hybridized carbons (Fsp3) is 0.320. The van der Waals surface area contributed by atoms with Crippen molar-refractivity contribution in [2.45, 2.75) is 46.1 Å². The van der Waals surface area contributed by atoms with Crippen LogP contribution in [0, 0.1) is 13.8 Å². The molecule has 0 saturated carbocycles. The van der Waals surface area contributed by atoms with Crippen molar-refractivity contribution in [3.63, 3.8) is 0 Å². The zero-order valence-electron chi connectivity index (χ0n) is 17.4. The van der Waals surface area contributed by atoms with Crippen LogP contribution in [0.3, 0.4) is 0 Å². The van der Waals surface area contributed by atoms with E-state index in [9.17, 15) is 4.79 Å². The lowest BCUT2D eigenvalue weighted by atomic mass is 9.95. The molecule has 3 aromatic rings. The highest BCUT2D eigenvalue weighted by atomic mass is 16.5. The number of fused-ring (bicyclic) bond motifs is 1. The van der Waals surface area contributed by atoms with Crippen LogP contribution in [0.1, 0.15) is 51.3 Å². The Hall–Kier alpha value is -3.01. The van der Waals surface area contributed by atoms with Gasteiger partial charge in [0, 0.05) is 17.9 Å². The molecule has 2 aromatic carbocycles. The number of rotatable bonds is 5. The first-order valence-corrected chi connectivity index (χ1v) is 10.3. The van der Waals surface area contributed by atoms with Gasteiger partial charge in [-0.25, -0.2) is 0 Å². The molecule has 4 nitrogen and oxygen atoms in total. The fourth-order valence-electron chi connectivity index (χ4n) is 4.28. The van der Waals surface area contributed by atoms with Gasteiger partial charge >= 0.3 is 0 Å². The number of amides is 1. The molecule has 0 unspecified atom stereocenters. The summed E-state index contributed by atoms with van der Waals surface area (Å²) in [6.45, 7) is 4.92. The number of methoxy groups -OCH3 is 1. The first-order chi connectivity index (χ1) is 14.1. The van der Waals surface area contributed by atoms with Crippen molar-refractivity contribution in [2.24, 2.45) is 0 Å². The Bertz CT molecular complexity index is 1010. The Balaban J connectivity index is 1.69. The summed E-state index contributed by atoms with van der Waals surface area (Å²) in [6, 6.07) is 16.1. The molecule has 0 fully saturated rings. The lowest BCUT2D eigenvalue weighted by Crippen LogP contribution is -2.20. The second-order valence-electron chi connectivity index (χ2n) is 7.86. The van der Waals surface area contributed by atoms with Crippen LogP contribution >= 0.6 is 0 Å². The van der Waals surface area contributed by atoms with E-state index in [2.05, 4.69) is 48.0 Å². The Morgan fingerprint density at radius 1 is 1.00 bits per heavy atom. The van der Waals surface area contributed by atoms with Crippen molar-refractivity contribution in [3.8, 4) is 5.75 Å². The number of nitrogens with one attached hydrogen (secondary N) is 1. The molecular weight excluding hydrogens is 360 g/mol. The van der Waals surface area contributed by atoms with Crippen LogP contribution in [-0.2, 0) is 19.4 Å². The number of hydrogen-bond acceptors (Lipinski definition) is 2. The zero-order valence-corrected chi connectivity index (χ0v) is 17.4. The third-order valence-electron chi connectivity index (χ3n) is 5.87. The third kappa shape index (κ3) is 3.93. The molecule has 4 heteroatoms. The summed E-state index contributed by atoms with van der Waals surface area (Å²) in [5, 5.41) is 3.08. The van der Waals surface area contributed by atoms with E-state index in [1.165, 1.54) is 35.2 Å². The van der Waals surface area contributed by atoms with E-state index in [-0.39, 0.29) is 5.91 Å². The summed E-state index contributed by atoms with van der Waals surface area (Å²) in [5.41, 5.74) is 7.84. The van der Waals surface area contributed by atoms with E-state index in [4.69, 9.17) is 4.74 Å². The van der Waals surface area contributed by atoms with Crippen molar-refractivity contribution < 1.29 is 9.53 Å². The maximum atomic E-state index is 13.3. The van der Waals surface area contributed by atoms with Gasteiger partial charge in [-0.05, 0) is 80.5 Å². The Morgan fingerprint density at radius 3 is 2.38 bits per heavy atom. The van der Waals surface area contributed by atoms with Gasteiger partial charge in [-0.3, -0.25) is 4.79 Å². The minimum absolute atomic E-state index is 0.0471. The minimum atomic E-state index is -0.0471. The number of nitrogens with zero attached hydrogens (tertiary/aromatic N) is 1. The molecule has 29 heavy (non-hydrogen) atoms. The molecule has 150 valence electrons. The number of aromatic nitrogens is 1. The number of benzene rings is 2. The van der Waals surface area contributed by atoms with Gasteiger partial charge in [0.05, 0.1) is 7.11 Å². The third-order valence-corrected chi connectivity index (χ3v) is 5.87. The number of carbonyl (C=O) groups is 1. The molecule has 0 bridgehead atoms. The van der Waals surface area contributed by atoms with E-state index in [0.717, 1.165) is 42.1 Å². The van der Waals surface area contributed by atoms with E-state index in [0.29, 0.717) is 0 Å². The molecule has 1 aromatic heterocycles. The Kier molecular flexibility index (Phi) is 5.43. The fourth-order valence-corrected chi connectivity index (χ4v) is 4.28. The highest BCUT2D eigenvalue weighted by molar-refractivity contribution is 6.04. The monoisotopic (exact) mass is 388 g/mol. The average molecular weight is 389 g/mol. The van der Waals surface area contributed by atoms with E-state index in [1.807, 2.05) is 24.3 Å². The average Bonchev–Trinajstić information content (AvgIpc) is 3.02. The smallest absolute Gasteiger partial charge is 0.272 e. The summed E-state index contributed by atoms with van der Waals surface area (Å²) >= 11 is 0. The molecule has 1 aliphatic carbocycles. The van der Waals surface area contributed by atoms with Gasteiger partial charge < -0.3 is 14.6 Å². The molecule has 0 spiro atoms. The van der Waals surface area contributed by atoms with E-state index >= 15 is 0 Å². The van der Waals surface area contributed by atoms with Gasteiger partial charge in [0.1, 0.15) is 11.4 Å². The van der Waals surface area contributed by atoms with Crippen molar-refractivity contribution in [1.82, 2.24) is 4.57 Å². The van der Waals surface area contributed by atoms with Crippen LogP contribution in [-0.4, -0.2) is 17.6 Å². The summed E-state index contributed by atoms with van der Waals surface area (Å²) in [5.74, 6) is 0.728. The number of carbonyl (C=O) groups excluding carboxylic acids is 1. The first-order valence-electron chi connectivity index (χ1n) is 10.3. The molecule has 0 radical (unpaired) electrons. The lowest BCUT2D eigenvalue weighted by molar-refractivity contribution is 0.101. The van der Waals surface area contributed by atoms with Crippen LogP contribution < -0.4 is 10.1 Å². The zero-order chi connectivity index (χ0) is 20.4. The van der Waals surface area contributed by atoms with E-state index < -0.39 is 0 Å². The van der Waals surface area contributed by atoms with Gasteiger partial charge in [-0.15, -0.1) is 0 Å². The SMILES string of the molecule is COc1ccc(NC(=O)c2c(C)c3c(n2Cc2ccc(C)cc2)CCCC3)cc1. The maximum absolute atomic E-state index is 13.3. The summed E-state index contributed by atoms with van der Waals surface area (Å²) < 4.78 is 7.45. The van der Waals surface area contributed by atoms with Crippen LogP contribution in [0.25, 0.3) is 0 Å². The molecule has 0 atom stereocenters. The minimum Gasteiger partial charge on any atom is -0.497 e. The van der Waals surface area contributed by atoms with Crippen LogP contribution in [0.2, 0.25) is 0 Å². The lowest BCUT2D eigenvalue weighted by Gasteiger charge is -2.17. The standard InChI is InChI=1S/C25H28N2O2/c1-17-8-10-19(11-9-17)16-27-23-7-5-4-6-22(23)18(2)24(27)25(28)26-20-12-14-21(29-3)15-13-20/h8-15H,4-7,16H2,1-3H3,(H,26,28). The summed E-state index contributed by atoms with van der Waals surface area (Å²) in [6.07, 6.45) is 4.48. The normalized spacial score (nSPS) is 13.1. The number of ether oxygens (including phenoxy) is 1. The Labute approximate surface area is 172 Å². The van der Waals surface area contributed by atoms with Gasteiger partial charge in [0.2, 0.25) is 0 Å². The van der Waals surface area contributed by atoms with E-state index in [1.54, 1.807) is 7.11 Å².